The number of carbonyl (C=O) groups excluding carboxylic acids is 3. The van der Waals surface area contributed by atoms with Crippen molar-refractivity contribution >= 4 is 33.7 Å². The lowest BCUT2D eigenvalue weighted by molar-refractivity contribution is 0.0286. The van der Waals surface area contributed by atoms with Gasteiger partial charge in [-0.3, -0.25) is 4.79 Å². The summed E-state index contributed by atoms with van der Waals surface area (Å²) in [5, 5.41) is 0. The lowest BCUT2D eigenvalue weighted by atomic mass is 10.1. The second-order valence-corrected chi connectivity index (χ2v) is 6.14. The van der Waals surface area contributed by atoms with Crippen molar-refractivity contribution in [1.29, 1.82) is 0 Å². The normalized spacial score (nSPS) is 11.9. The number of nitrogens with one attached hydrogen (secondary N) is 1. The number of H-pyrrole nitrogens is 1. The molecule has 2 heterocycles. The number of ketones is 1. The van der Waals surface area contributed by atoms with Crippen LogP contribution in [0.5, 0.6) is 0 Å². The van der Waals surface area contributed by atoms with Gasteiger partial charge in [0.15, 0.2) is 10.8 Å². The number of aromatic amines is 1. The molecule has 1 atom stereocenters. The summed E-state index contributed by atoms with van der Waals surface area (Å²) in [4.78, 5) is 39.4. The summed E-state index contributed by atoms with van der Waals surface area (Å²) in [6.07, 6.45) is -1.05. The van der Waals surface area contributed by atoms with Gasteiger partial charge in [0.2, 0.25) is 11.5 Å². The molecule has 2 rings (SSSR count). The number of hydrogen-bond acceptors (Lipinski definition) is 6. The molecule has 0 amide bonds. The van der Waals surface area contributed by atoms with E-state index in [1.807, 2.05) is 0 Å². The van der Waals surface area contributed by atoms with Crippen LogP contribution in [0.25, 0.3) is 0 Å². The van der Waals surface area contributed by atoms with Gasteiger partial charge in [-0.2, -0.15) is 0 Å². The van der Waals surface area contributed by atoms with Crippen LogP contribution in [0.4, 0.5) is 0 Å². The molecule has 0 unspecified atom stereocenters. The van der Waals surface area contributed by atoms with Crippen LogP contribution in [0.1, 0.15) is 56.5 Å². The third-order valence-corrected chi connectivity index (χ3v) is 4.02. The summed E-state index contributed by atoms with van der Waals surface area (Å²) in [5.41, 5.74) is 1.51. The van der Waals surface area contributed by atoms with Crippen LogP contribution in [-0.2, 0) is 9.47 Å². The van der Waals surface area contributed by atoms with E-state index < -0.39 is 23.8 Å². The highest BCUT2D eigenvalue weighted by atomic mass is 79.9. The van der Waals surface area contributed by atoms with Crippen LogP contribution in [0, 0.1) is 13.8 Å². The summed E-state index contributed by atoms with van der Waals surface area (Å²) in [6, 6.07) is 2.99. The zero-order valence-electron chi connectivity index (χ0n) is 14.3. The van der Waals surface area contributed by atoms with Gasteiger partial charge in [-0.25, -0.2) is 9.59 Å². The molecule has 0 aliphatic heterocycles. The highest BCUT2D eigenvalue weighted by Crippen LogP contribution is 2.22. The lowest BCUT2D eigenvalue weighted by Crippen LogP contribution is -2.25. The number of ether oxygens (including phenoxy) is 2. The summed E-state index contributed by atoms with van der Waals surface area (Å²) < 4.78 is 15.6. The minimum absolute atomic E-state index is 0.0156. The van der Waals surface area contributed by atoms with Crippen molar-refractivity contribution in [3.05, 3.63) is 45.1 Å². The monoisotopic (exact) mass is 411 g/mol. The Morgan fingerprint density at radius 1 is 1.24 bits per heavy atom. The van der Waals surface area contributed by atoms with E-state index in [-0.39, 0.29) is 18.1 Å². The van der Waals surface area contributed by atoms with Crippen molar-refractivity contribution in [1.82, 2.24) is 4.98 Å². The molecule has 0 aromatic carbocycles. The van der Waals surface area contributed by atoms with Crippen LogP contribution in [0.3, 0.4) is 0 Å². The average Bonchev–Trinajstić information content (AvgIpc) is 3.10. The number of aryl methyl sites for hydroxylation is 1. The first-order chi connectivity index (χ1) is 11.8. The van der Waals surface area contributed by atoms with E-state index in [4.69, 9.17) is 13.9 Å². The zero-order valence-corrected chi connectivity index (χ0v) is 15.9. The number of esters is 2. The Bertz CT molecular complexity index is 819. The SMILES string of the molecule is CCOC(=O)c1c(C)[nH]c(C(=O)[C@@H](C)OC(=O)c2ccc(Br)o2)c1C. The second kappa shape index (κ2) is 7.69. The van der Waals surface area contributed by atoms with E-state index in [0.29, 0.717) is 21.5 Å². The van der Waals surface area contributed by atoms with E-state index in [0.717, 1.165) is 0 Å². The fourth-order valence-corrected chi connectivity index (χ4v) is 2.71. The van der Waals surface area contributed by atoms with Gasteiger partial charge in [-0.1, -0.05) is 0 Å². The third-order valence-electron chi connectivity index (χ3n) is 3.59. The van der Waals surface area contributed by atoms with E-state index in [2.05, 4.69) is 20.9 Å². The third kappa shape index (κ3) is 4.01. The molecule has 0 radical (unpaired) electrons. The number of aromatic nitrogens is 1. The van der Waals surface area contributed by atoms with E-state index >= 15 is 0 Å². The van der Waals surface area contributed by atoms with Gasteiger partial charge in [0, 0.05) is 5.69 Å². The summed E-state index contributed by atoms with van der Waals surface area (Å²) in [6.45, 7) is 6.71. The number of rotatable bonds is 6. The molecule has 0 saturated heterocycles. The minimum atomic E-state index is -1.05. The van der Waals surface area contributed by atoms with Gasteiger partial charge in [-0.05, 0) is 61.3 Å². The molecular weight excluding hydrogens is 394 g/mol. The van der Waals surface area contributed by atoms with Crippen molar-refractivity contribution in [3.63, 3.8) is 0 Å². The van der Waals surface area contributed by atoms with Crippen LogP contribution >= 0.6 is 15.9 Å². The molecule has 25 heavy (non-hydrogen) atoms. The standard InChI is InChI=1S/C17H18BrNO6/c1-5-23-17(22)13-8(2)14(19-9(13)3)15(20)10(4)24-16(21)11-6-7-12(18)25-11/h6-7,10,19H,5H2,1-4H3/t10-/m1/s1. The molecule has 7 nitrogen and oxygen atoms in total. The van der Waals surface area contributed by atoms with Crippen LogP contribution < -0.4 is 0 Å². The topological polar surface area (TPSA) is 98.6 Å². The molecule has 0 aliphatic carbocycles. The van der Waals surface area contributed by atoms with Gasteiger partial charge in [0.25, 0.3) is 0 Å². The molecule has 0 fully saturated rings. The Kier molecular flexibility index (Phi) is 5.84. The van der Waals surface area contributed by atoms with Gasteiger partial charge < -0.3 is 18.9 Å². The molecule has 0 bridgehead atoms. The minimum Gasteiger partial charge on any atom is -0.462 e. The van der Waals surface area contributed by atoms with Crippen molar-refractivity contribution in [3.8, 4) is 0 Å². The maximum absolute atomic E-state index is 12.6. The predicted molar refractivity (Wildman–Crippen MR) is 91.8 cm³/mol. The van der Waals surface area contributed by atoms with E-state index in [9.17, 15) is 14.4 Å². The lowest BCUT2D eigenvalue weighted by Gasteiger charge is -2.11. The molecule has 0 saturated carbocycles. The molecule has 0 aliphatic rings. The molecule has 8 heteroatoms. The van der Waals surface area contributed by atoms with E-state index in [1.54, 1.807) is 26.8 Å². The predicted octanol–water partition coefficient (Wildman–Crippen LogP) is 3.59. The van der Waals surface area contributed by atoms with Gasteiger partial charge >= 0.3 is 11.9 Å². The van der Waals surface area contributed by atoms with Gasteiger partial charge in [0.1, 0.15) is 0 Å². The Labute approximate surface area is 152 Å². The summed E-state index contributed by atoms with van der Waals surface area (Å²) in [5.74, 6) is -1.72. The molecule has 2 aromatic rings. The largest absolute Gasteiger partial charge is 0.462 e. The average molecular weight is 412 g/mol. The maximum atomic E-state index is 12.6. The highest BCUT2D eigenvalue weighted by molar-refractivity contribution is 9.10. The Morgan fingerprint density at radius 2 is 1.92 bits per heavy atom. The van der Waals surface area contributed by atoms with Crippen LogP contribution in [-0.4, -0.2) is 35.4 Å². The Hall–Kier alpha value is -2.35. The molecule has 0 spiro atoms. The first-order valence-corrected chi connectivity index (χ1v) is 8.42. The summed E-state index contributed by atoms with van der Waals surface area (Å²) >= 11 is 3.09. The maximum Gasteiger partial charge on any atom is 0.374 e. The van der Waals surface area contributed by atoms with Gasteiger partial charge in [-0.15, -0.1) is 0 Å². The fraction of sp³-hybridized carbons (Fsp3) is 0.353. The second-order valence-electron chi connectivity index (χ2n) is 5.36. The zero-order chi connectivity index (χ0) is 18.7. The first kappa shape index (κ1) is 19.0. The smallest absolute Gasteiger partial charge is 0.374 e. The van der Waals surface area contributed by atoms with Crippen molar-refractivity contribution in [2.45, 2.75) is 33.8 Å². The Morgan fingerprint density at radius 3 is 2.48 bits per heavy atom. The first-order valence-electron chi connectivity index (χ1n) is 7.63. The van der Waals surface area contributed by atoms with Crippen molar-refractivity contribution in [2.24, 2.45) is 0 Å². The molecule has 1 N–H and O–H groups in total. The van der Waals surface area contributed by atoms with Crippen LogP contribution in [0.2, 0.25) is 0 Å². The van der Waals surface area contributed by atoms with E-state index in [1.165, 1.54) is 13.0 Å². The van der Waals surface area contributed by atoms with Crippen LogP contribution in [0.15, 0.2) is 21.2 Å². The number of halogens is 1. The van der Waals surface area contributed by atoms with Gasteiger partial charge in [0.05, 0.1) is 17.9 Å². The van der Waals surface area contributed by atoms with Crippen molar-refractivity contribution in [2.75, 3.05) is 6.61 Å². The summed E-state index contributed by atoms with van der Waals surface area (Å²) in [7, 11) is 0. The molecular formula is C17H18BrNO6. The number of carbonyl (C=O) groups is 3. The quantitative estimate of drug-likeness (QED) is 0.575. The number of furan rings is 1. The number of Topliss-reactive ketones (excluding diaryl/α,β-unsaturated/α-hetero) is 1. The molecule has 134 valence electrons. The molecule has 2 aromatic heterocycles. The highest BCUT2D eigenvalue weighted by Gasteiger charge is 2.28. The van der Waals surface area contributed by atoms with Crippen molar-refractivity contribution < 1.29 is 28.3 Å². The Balaban J connectivity index is 2.18. The fourth-order valence-electron chi connectivity index (χ4n) is 2.41. The number of hydrogen-bond donors (Lipinski definition) is 1.